The molecule has 1 atom stereocenters. The maximum atomic E-state index is 4.32. The summed E-state index contributed by atoms with van der Waals surface area (Å²) >= 11 is 1.79. The first kappa shape index (κ1) is 14.2. The number of fused-ring (bicyclic) bond motifs is 1. The zero-order valence-electron chi connectivity index (χ0n) is 12.3. The van der Waals surface area contributed by atoms with Gasteiger partial charge in [-0.1, -0.05) is 18.7 Å². The van der Waals surface area contributed by atoms with Crippen LogP contribution in [0.4, 0.5) is 0 Å². The first-order valence-corrected chi connectivity index (χ1v) is 8.81. The molecule has 1 aromatic carbocycles. The zero-order valence-corrected chi connectivity index (χ0v) is 13.2. The standard InChI is InChI=1S/C17H24N2S/c1-14(15-6-8-16(20-2)9-7-15)13-19-12-4-11-18-10-3-5-17(18)19/h6-9,17H,1,3-5,10-13H2,2H3. The van der Waals surface area contributed by atoms with Crippen LogP contribution in [0.25, 0.3) is 5.57 Å². The van der Waals surface area contributed by atoms with Crippen molar-refractivity contribution in [2.75, 3.05) is 32.4 Å². The van der Waals surface area contributed by atoms with Crippen molar-refractivity contribution < 1.29 is 0 Å². The van der Waals surface area contributed by atoms with Gasteiger partial charge in [-0.3, -0.25) is 9.80 Å². The molecule has 3 rings (SSSR count). The van der Waals surface area contributed by atoms with Gasteiger partial charge in [0.1, 0.15) is 0 Å². The molecule has 0 N–H and O–H groups in total. The van der Waals surface area contributed by atoms with E-state index in [1.807, 2.05) is 0 Å². The number of thioether (sulfide) groups is 1. The van der Waals surface area contributed by atoms with Crippen molar-refractivity contribution in [1.82, 2.24) is 9.80 Å². The van der Waals surface area contributed by atoms with E-state index < -0.39 is 0 Å². The van der Waals surface area contributed by atoms with E-state index >= 15 is 0 Å². The van der Waals surface area contributed by atoms with Crippen molar-refractivity contribution >= 4 is 17.3 Å². The fourth-order valence-corrected chi connectivity index (χ4v) is 3.86. The molecule has 0 radical (unpaired) electrons. The highest BCUT2D eigenvalue weighted by Gasteiger charge is 2.32. The summed E-state index contributed by atoms with van der Waals surface area (Å²) in [6.45, 7) is 9.14. The molecule has 0 bridgehead atoms. The van der Waals surface area contributed by atoms with Crippen LogP contribution in [0.3, 0.4) is 0 Å². The van der Waals surface area contributed by atoms with Gasteiger partial charge < -0.3 is 0 Å². The average Bonchev–Trinajstić information content (AvgIpc) is 2.97. The maximum Gasteiger partial charge on any atom is 0.0625 e. The van der Waals surface area contributed by atoms with Gasteiger partial charge in [0, 0.05) is 24.5 Å². The third-order valence-electron chi connectivity index (χ3n) is 4.53. The van der Waals surface area contributed by atoms with Crippen LogP contribution < -0.4 is 0 Å². The monoisotopic (exact) mass is 288 g/mol. The van der Waals surface area contributed by atoms with Gasteiger partial charge in [0.2, 0.25) is 0 Å². The summed E-state index contributed by atoms with van der Waals surface area (Å²) in [5, 5.41) is 0. The Morgan fingerprint density at radius 2 is 1.95 bits per heavy atom. The molecule has 0 spiro atoms. The molecular weight excluding hydrogens is 264 g/mol. The van der Waals surface area contributed by atoms with Crippen molar-refractivity contribution in [3.05, 3.63) is 36.4 Å². The predicted octanol–water partition coefficient (Wildman–Crippen LogP) is 3.55. The Labute approximate surface area is 126 Å². The lowest BCUT2D eigenvalue weighted by Gasteiger charge is -2.40. The minimum absolute atomic E-state index is 0.672. The van der Waals surface area contributed by atoms with Gasteiger partial charge in [-0.05, 0) is 55.3 Å². The number of hydrogen-bond acceptors (Lipinski definition) is 3. The summed E-state index contributed by atoms with van der Waals surface area (Å²) in [6, 6.07) is 8.82. The lowest BCUT2D eigenvalue weighted by molar-refractivity contribution is 0.0457. The SMILES string of the molecule is C=C(CN1CCCN2CCCC21)c1ccc(SC)cc1. The predicted molar refractivity (Wildman–Crippen MR) is 88.0 cm³/mol. The molecule has 1 unspecified atom stereocenters. The smallest absolute Gasteiger partial charge is 0.0625 e. The van der Waals surface area contributed by atoms with Crippen LogP contribution in [0.5, 0.6) is 0 Å². The Hall–Kier alpha value is -0.770. The van der Waals surface area contributed by atoms with E-state index in [0.717, 1.165) is 6.54 Å². The second-order valence-corrected chi connectivity index (χ2v) is 6.69. The molecule has 3 heteroatoms. The Bertz CT molecular complexity index is 468. The Balaban J connectivity index is 1.65. The molecule has 1 aromatic rings. The summed E-state index contributed by atoms with van der Waals surface area (Å²) in [7, 11) is 0. The van der Waals surface area contributed by atoms with Gasteiger partial charge in [-0.25, -0.2) is 0 Å². The third kappa shape index (κ3) is 2.95. The summed E-state index contributed by atoms with van der Waals surface area (Å²) in [4.78, 5) is 6.59. The normalized spacial score (nSPS) is 23.8. The topological polar surface area (TPSA) is 6.48 Å². The largest absolute Gasteiger partial charge is 0.288 e. The van der Waals surface area contributed by atoms with Crippen LogP contribution in [-0.2, 0) is 0 Å². The van der Waals surface area contributed by atoms with Gasteiger partial charge in [0.05, 0.1) is 6.17 Å². The van der Waals surface area contributed by atoms with Crippen LogP contribution >= 0.6 is 11.8 Å². The van der Waals surface area contributed by atoms with Crippen LogP contribution in [0, 0.1) is 0 Å². The Kier molecular flexibility index (Phi) is 4.49. The van der Waals surface area contributed by atoms with Gasteiger partial charge in [-0.15, -0.1) is 11.8 Å². The van der Waals surface area contributed by atoms with E-state index in [1.165, 1.54) is 54.9 Å². The maximum absolute atomic E-state index is 4.32. The van der Waals surface area contributed by atoms with E-state index in [9.17, 15) is 0 Å². The average molecular weight is 288 g/mol. The van der Waals surface area contributed by atoms with E-state index in [0.29, 0.717) is 6.17 Å². The van der Waals surface area contributed by atoms with Gasteiger partial charge in [0.15, 0.2) is 0 Å². The Morgan fingerprint density at radius 1 is 1.20 bits per heavy atom. The second-order valence-electron chi connectivity index (χ2n) is 5.81. The number of benzene rings is 1. The van der Waals surface area contributed by atoms with Crippen LogP contribution in [0.1, 0.15) is 24.8 Å². The molecule has 0 saturated carbocycles. The van der Waals surface area contributed by atoms with Crippen molar-refractivity contribution in [3.63, 3.8) is 0 Å². The van der Waals surface area contributed by atoms with Crippen molar-refractivity contribution in [3.8, 4) is 0 Å². The zero-order chi connectivity index (χ0) is 13.9. The van der Waals surface area contributed by atoms with E-state index in [1.54, 1.807) is 11.8 Å². The third-order valence-corrected chi connectivity index (χ3v) is 5.28. The minimum Gasteiger partial charge on any atom is -0.288 e. The Morgan fingerprint density at radius 3 is 2.70 bits per heavy atom. The van der Waals surface area contributed by atoms with E-state index in [2.05, 4.69) is 46.9 Å². The van der Waals surface area contributed by atoms with Crippen molar-refractivity contribution in [1.29, 1.82) is 0 Å². The molecule has 20 heavy (non-hydrogen) atoms. The molecule has 108 valence electrons. The van der Waals surface area contributed by atoms with Gasteiger partial charge in [0.25, 0.3) is 0 Å². The fourth-order valence-electron chi connectivity index (χ4n) is 3.46. The molecule has 2 aliphatic heterocycles. The van der Waals surface area contributed by atoms with Crippen LogP contribution in [-0.4, -0.2) is 48.4 Å². The van der Waals surface area contributed by atoms with Crippen molar-refractivity contribution in [2.24, 2.45) is 0 Å². The first-order valence-electron chi connectivity index (χ1n) is 7.58. The molecule has 2 heterocycles. The fraction of sp³-hybridized carbons (Fsp3) is 0.529. The van der Waals surface area contributed by atoms with E-state index in [4.69, 9.17) is 0 Å². The highest BCUT2D eigenvalue weighted by atomic mass is 32.2. The van der Waals surface area contributed by atoms with Crippen LogP contribution in [0.15, 0.2) is 35.7 Å². The molecule has 0 aromatic heterocycles. The van der Waals surface area contributed by atoms with Gasteiger partial charge in [-0.2, -0.15) is 0 Å². The van der Waals surface area contributed by atoms with Crippen LogP contribution in [0.2, 0.25) is 0 Å². The van der Waals surface area contributed by atoms with Gasteiger partial charge >= 0.3 is 0 Å². The summed E-state index contributed by atoms with van der Waals surface area (Å²) in [5.74, 6) is 0. The lowest BCUT2D eigenvalue weighted by atomic mass is 10.1. The highest BCUT2D eigenvalue weighted by Crippen LogP contribution is 2.27. The highest BCUT2D eigenvalue weighted by molar-refractivity contribution is 7.98. The first-order chi connectivity index (χ1) is 9.78. The minimum atomic E-state index is 0.672. The quantitative estimate of drug-likeness (QED) is 0.782. The molecule has 2 nitrogen and oxygen atoms in total. The molecule has 0 amide bonds. The number of rotatable bonds is 4. The number of hydrogen-bond donors (Lipinski definition) is 0. The molecule has 2 saturated heterocycles. The summed E-state index contributed by atoms with van der Waals surface area (Å²) in [6.07, 6.45) is 6.78. The van der Waals surface area contributed by atoms with E-state index in [-0.39, 0.29) is 0 Å². The molecule has 0 aliphatic carbocycles. The molecule has 2 aliphatic rings. The molecule has 2 fully saturated rings. The summed E-state index contributed by atoms with van der Waals surface area (Å²) < 4.78 is 0. The van der Waals surface area contributed by atoms with Crippen molar-refractivity contribution in [2.45, 2.75) is 30.3 Å². The lowest BCUT2D eigenvalue weighted by Crippen LogP contribution is -2.50. The summed E-state index contributed by atoms with van der Waals surface area (Å²) in [5.41, 5.74) is 2.55. The molecular formula is C17H24N2S. The second kappa shape index (κ2) is 6.33. The number of nitrogens with zero attached hydrogens (tertiary/aromatic N) is 2.